The Bertz CT molecular complexity index is 2290. The Balaban J connectivity index is 0.834. The van der Waals surface area contributed by atoms with Crippen molar-refractivity contribution in [2.24, 2.45) is 7.05 Å². The SMILES string of the molecule is Cc1cc(C[C@@H](OC(=O)N2CCC(N3CCc4ccccc4NC3=O)CC2)C(=O)N2CCN(C3CCN(C(=O)CCC(=O)OCCN4CCCC4=O)CC3)CC2)cc2oc(=O)n(C)c12. The van der Waals surface area contributed by atoms with Crippen LogP contribution < -0.4 is 11.1 Å². The highest BCUT2D eigenvalue weighted by Crippen LogP contribution is 2.27. The summed E-state index contributed by atoms with van der Waals surface area (Å²) >= 11 is 0. The van der Waals surface area contributed by atoms with Gasteiger partial charge >= 0.3 is 23.8 Å². The summed E-state index contributed by atoms with van der Waals surface area (Å²) in [7, 11) is 1.64. The lowest BCUT2D eigenvalue weighted by molar-refractivity contribution is -0.147. The van der Waals surface area contributed by atoms with Crippen molar-refractivity contribution in [1.29, 1.82) is 0 Å². The van der Waals surface area contributed by atoms with Crippen molar-refractivity contribution in [2.45, 2.75) is 89.3 Å². The Labute approximate surface area is 372 Å². The molecule has 18 heteroatoms. The van der Waals surface area contributed by atoms with Gasteiger partial charge in [0, 0.05) is 110 Å². The zero-order valence-electron chi connectivity index (χ0n) is 37.0. The number of carbonyl (C=O) groups is 6. The third kappa shape index (κ3) is 10.2. The highest BCUT2D eigenvalue weighted by atomic mass is 16.6. The Kier molecular flexibility index (Phi) is 13.9. The molecule has 4 fully saturated rings. The molecule has 1 atom stereocenters. The molecular weight excluding hydrogens is 825 g/mol. The lowest BCUT2D eigenvalue weighted by Gasteiger charge is -2.43. The number of para-hydroxylation sites is 1. The Morgan fingerprint density at radius 3 is 2.27 bits per heavy atom. The number of hydrogen-bond acceptors (Lipinski definition) is 11. The third-order valence-electron chi connectivity index (χ3n) is 13.7. The number of benzene rings is 2. The van der Waals surface area contributed by atoms with Gasteiger partial charge in [-0.1, -0.05) is 24.3 Å². The van der Waals surface area contributed by atoms with Gasteiger partial charge in [0.1, 0.15) is 6.61 Å². The Hall–Kier alpha value is -5.91. The summed E-state index contributed by atoms with van der Waals surface area (Å²) in [5.74, 6) is -1.22. The summed E-state index contributed by atoms with van der Waals surface area (Å²) in [6, 6.07) is 11.5. The summed E-state index contributed by atoms with van der Waals surface area (Å²) in [5, 5.41) is 3.04. The van der Waals surface area contributed by atoms with E-state index >= 15 is 0 Å². The van der Waals surface area contributed by atoms with E-state index in [9.17, 15) is 33.6 Å². The maximum absolute atomic E-state index is 14.4. The fraction of sp³-hybridized carbons (Fsp3) is 0.587. The van der Waals surface area contributed by atoms with E-state index in [4.69, 9.17) is 13.9 Å². The Morgan fingerprint density at radius 1 is 0.812 bits per heavy atom. The molecule has 0 bridgehead atoms. The molecule has 5 aliphatic heterocycles. The molecule has 0 aliphatic carbocycles. The summed E-state index contributed by atoms with van der Waals surface area (Å²) < 4.78 is 18.3. The molecule has 2 aromatic carbocycles. The monoisotopic (exact) mass is 884 g/mol. The predicted octanol–water partition coefficient (Wildman–Crippen LogP) is 3.12. The van der Waals surface area contributed by atoms with Gasteiger partial charge in [0.2, 0.25) is 11.8 Å². The van der Waals surface area contributed by atoms with Gasteiger partial charge in [0.25, 0.3) is 5.91 Å². The van der Waals surface area contributed by atoms with Crippen LogP contribution in [-0.2, 0) is 48.5 Å². The molecule has 64 heavy (non-hydrogen) atoms. The number of ether oxygens (including phenoxy) is 2. The first-order chi connectivity index (χ1) is 30.9. The smallest absolute Gasteiger partial charge is 0.419 e. The minimum Gasteiger partial charge on any atom is -0.464 e. The largest absolute Gasteiger partial charge is 0.464 e. The number of aryl methyl sites for hydroxylation is 2. The molecule has 0 unspecified atom stereocenters. The van der Waals surface area contributed by atoms with Gasteiger partial charge < -0.3 is 43.7 Å². The van der Waals surface area contributed by atoms with Crippen molar-refractivity contribution in [2.75, 3.05) is 83.9 Å². The number of likely N-dealkylation sites (tertiary alicyclic amines) is 3. The standard InChI is InChI=1S/C46H60N8O10/c1-31-28-32(29-37-42(31)48(2)45(60)63-37)30-38(64-46(61)53-19-14-35(15-20-53)54-21-11-33-6-3-4-7-36(33)47-44(54)59)43(58)52-24-22-49(23-25-52)34-12-17-51(18-13-34)40(56)9-10-41(57)62-27-26-50-16-5-8-39(50)55/h3-4,6-7,28-29,34-35,38H,5,8-27,30H2,1-2H3,(H,47,59)/t38-/m1/s1. The lowest BCUT2D eigenvalue weighted by atomic mass is 10.0. The zero-order chi connectivity index (χ0) is 44.9. The number of piperidine rings is 2. The number of anilines is 1. The highest BCUT2D eigenvalue weighted by Gasteiger charge is 2.37. The number of esters is 1. The number of carbonyl (C=O) groups excluding carboxylic acids is 6. The average molecular weight is 885 g/mol. The zero-order valence-corrected chi connectivity index (χ0v) is 37.0. The summed E-state index contributed by atoms with van der Waals surface area (Å²) in [5.41, 5.74) is 4.47. The normalized spacial score (nSPS) is 19.7. The van der Waals surface area contributed by atoms with Gasteiger partial charge in [-0.15, -0.1) is 0 Å². The van der Waals surface area contributed by atoms with Crippen LogP contribution in [0.25, 0.3) is 11.1 Å². The van der Waals surface area contributed by atoms with Gasteiger partial charge in [0.05, 0.1) is 18.5 Å². The highest BCUT2D eigenvalue weighted by molar-refractivity contribution is 5.91. The second kappa shape index (κ2) is 19.9. The molecule has 3 aromatic rings. The first-order valence-electron chi connectivity index (χ1n) is 22.9. The number of rotatable bonds is 12. The molecule has 6 amide bonds. The quantitative estimate of drug-likeness (QED) is 0.264. The summed E-state index contributed by atoms with van der Waals surface area (Å²) in [6.07, 6.45) is 3.27. The van der Waals surface area contributed by atoms with Crippen LogP contribution >= 0.6 is 0 Å². The van der Waals surface area contributed by atoms with E-state index in [1.54, 1.807) is 32.7 Å². The van der Waals surface area contributed by atoms with Crippen LogP contribution in [0.5, 0.6) is 0 Å². The number of hydrogen-bond donors (Lipinski definition) is 1. The molecule has 5 aliphatic rings. The number of amides is 6. The predicted molar refractivity (Wildman–Crippen MR) is 234 cm³/mol. The fourth-order valence-electron chi connectivity index (χ4n) is 10.0. The third-order valence-corrected chi connectivity index (χ3v) is 13.7. The van der Waals surface area contributed by atoms with Crippen molar-refractivity contribution in [3.05, 3.63) is 63.6 Å². The van der Waals surface area contributed by atoms with Crippen LogP contribution in [0.4, 0.5) is 15.3 Å². The molecule has 1 aromatic heterocycles. The van der Waals surface area contributed by atoms with E-state index in [2.05, 4.69) is 10.2 Å². The number of fused-ring (bicyclic) bond motifs is 2. The van der Waals surface area contributed by atoms with Crippen molar-refractivity contribution >= 4 is 52.6 Å². The fourth-order valence-corrected chi connectivity index (χ4v) is 10.0. The maximum atomic E-state index is 14.4. The molecule has 0 saturated carbocycles. The van der Waals surface area contributed by atoms with Crippen LogP contribution in [0, 0.1) is 6.92 Å². The number of nitrogens with zero attached hydrogens (tertiary/aromatic N) is 7. The van der Waals surface area contributed by atoms with Crippen LogP contribution in [-0.4, -0.2) is 167 Å². The van der Waals surface area contributed by atoms with Gasteiger partial charge in [-0.3, -0.25) is 28.6 Å². The molecule has 8 rings (SSSR count). The van der Waals surface area contributed by atoms with E-state index in [0.29, 0.717) is 108 Å². The topological polar surface area (TPSA) is 187 Å². The van der Waals surface area contributed by atoms with Crippen molar-refractivity contribution in [1.82, 2.24) is 34.0 Å². The molecule has 1 N–H and O–H groups in total. The minimum atomic E-state index is -1.13. The minimum absolute atomic E-state index is 0.00317. The Morgan fingerprint density at radius 2 is 1.53 bits per heavy atom. The molecule has 0 spiro atoms. The van der Waals surface area contributed by atoms with Crippen LogP contribution in [0.2, 0.25) is 0 Å². The van der Waals surface area contributed by atoms with Gasteiger partial charge in [-0.2, -0.15) is 0 Å². The number of oxazole rings is 1. The summed E-state index contributed by atoms with van der Waals surface area (Å²) in [4.78, 5) is 102. The molecular formula is C46H60N8O10. The second-order valence-corrected chi connectivity index (χ2v) is 17.7. The van der Waals surface area contributed by atoms with E-state index < -0.39 is 23.9 Å². The maximum Gasteiger partial charge on any atom is 0.419 e. The first kappa shape index (κ1) is 44.7. The van der Waals surface area contributed by atoms with Gasteiger partial charge in [-0.25, -0.2) is 14.4 Å². The lowest BCUT2D eigenvalue weighted by Crippen LogP contribution is -2.57. The van der Waals surface area contributed by atoms with Crippen molar-refractivity contribution in [3.63, 3.8) is 0 Å². The van der Waals surface area contributed by atoms with Crippen molar-refractivity contribution in [3.8, 4) is 0 Å². The van der Waals surface area contributed by atoms with E-state index in [-0.39, 0.29) is 61.7 Å². The first-order valence-corrected chi connectivity index (χ1v) is 22.9. The van der Waals surface area contributed by atoms with Crippen molar-refractivity contribution < 1.29 is 42.7 Å². The molecule has 6 heterocycles. The van der Waals surface area contributed by atoms with Gasteiger partial charge in [0.15, 0.2) is 11.7 Å². The van der Waals surface area contributed by atoms with Gasteiger partial charge in [-0.05, 0) is 74.3 Å². The van der Waals surface area contributed by atoms with Crippen LogP contribution in [0.1, 0.15) is 68.1 Å². The molecule has 4 saturated heterocycles. The van der Waals surface area contributed by atoms with Crippen LogP contribution in [0.3, 0.4) is 0 Å². The molecule has 344 valence electrons. The van der Waals surface area contributed by atoms with E-state index in [0.717, 1.165) is 42.5 Å². The number of piperazine rings is 1. The second-order valence-electron chi connectivity index (χ2n) is 17.7. The molecule has 18 nitrogen and oxygen atoms in total. The number of nitrogens with one attached hydrogen (secondary N) is 1. The average Bonchev–Trinajstić information content (AvgIpc) is 3.79. The molecule has 0 radical (unpaired) electrons. The number of urea groups is 1. The van der Waals surface area contributed by atoms with E-state index in [1.165, 1.54) is 4.57 Å². The summed E-state index contributed by atoms with van der Waals surface area (Å²) in [6.45, 7) is 7.71. The number of aromatic nitrogens is 1. The van der Waals surface area contributed by atoms with E-state index in [1.807, 2.05) is 42.2 Å². The van der Waals surface area contributed by atoms with Crippen LogP contribution in [0.15, 0.2) is 45.6 Å².